The van der Waals surface area contributed by atoms with Crippen LogP contribution in [0, 0.1) is 11.3 Å². The van der Waals surface area contributed by atoms with E-state index in [1.165, 1.54) is 69.3 Å². The lowest BCUT2D eigenvalue weighted by Crippen LogP contribution is -1.98. The Morgan fingerprint density at radius 3 is 2.25 bits per heavy atom. The Morgan fingerprint density at radius 2 is 1.65 bits per heavy atom. The fraction of sp³-hybridized carbons (Fsp3) is 0.750. The highest BCUT2D eigenvalue weighted by Crippen LogP contribution is 2.18. The maximum atomic E-state index is 8.82. The second kappa shape index (κ2) is 11.7. The van der Waals surface area contributed by atoms with E-state index in [9.17, 15) is 0 Å². The summed E-state index contributed by atoms with van der Waals surface area (Å²) in [6.45, 7) is 2.93. The predicted octanol–water partition coefficient (Wildman–Crippen LogP) is 5.31. The van der Waals surface area contributed by atoms with Gasteiger partial charge in [-0.25, -0.2) is 0 Å². The third-order valence-electron chi connectivity index (χ3n) is 3.39. The van der Waals surface area contributed by atoms with Crippen molar-refractivity contribution in [2.75, 3.05) is 6.61 Å². The Hall–Kier alpha value is -1.08. The highest BCUT2D eigenvalue weighted by atomic mass is 32.1. The smallest absolute Gasteiger partial charge is 0.243 e. The van der Waals surface area contributed by atoms with Crippen LogP contribution in [0.4, 0.5) is 0 Å². The monoisotopic (exact) mass is 294 g/mol. The van der Waals surface area contributed by atoms with Crippen LogP contribution in [0.25, 0.3) is 0 Å². The third-order valence-corrected chi connectivity index (χ3v) is 4.01. The number of rotatable bonds is 12. The molecule has 0 spiro atoms. The molecule has 1 aromatic heterocycles. The first-order valence-corrected chi connectivity index (χ1v) is 8.69. The van der Waals surface area contributed by atoms with E-state index in [-0.39, 0.29) is 0 Å². The fourth-order valence-corrected chi connectivity index (χ4v) is 2.72. The van der Waals surface area contributed by atoms with E-state index in [0.29, 0.717) is 18.1 Å². The average molecular weight is 294 g/mol. The molecular weight excluding hydrogens is 268 g/mol. The molecule has 0 N–H and O–H groups in total. The molecule has 0 saturated carbocycles. The van der Waals surface area contributed by atoms with Crippen molar-refractivity contribution in [1.29, 1.82) is 5.26 Å². The number of unbranched alkanes of at least 4 members (excludes halogenated alkanes) is 9. The van der Waals surface area contributed by atoms with Gasteiger partial charge < -0.3 is 4.74 Å². The molecule has 1 heterocycles. The summed E-state index contributed by atoms with van der Waals surface area (Å²) in [7, 11) is 0. The van der Waals surface area contributed by atoms with Gasteiger partial charge in [-0.3, -0.25) is 0 Å². The van der Waals surface area contributed by atoms with Crippen molar-refractivity contribution in [2.45, 2.75) is 71.1 Å². The van der Waals surface area contributed by atoms with Crippen molar-refractivity contribution in [3.8, 4) is 11.9 Å². The van der Waals surface area contributed by atoms with Gasteiger partial charge in [0, 0.05) is 5.38 Å². The lowest BCUT2D eigenvalue weighted by Gasteiger charge is -2.04. The zero-order valence-electron chi connectivity index (χ0n) is 12.6. The van der Waals surface area contributed by atoms with Gasteiger partial charge in [-0.1, -0.05) is 64.7 Å². The van der Waals surface area contributed by atoms with Crippen molar-refractivity contribution in [3.63, 3.8) is 0 Å². The molecule has 0 aromatic carbocycles. The minimum atomic E-state index is 0.508. The molecule has 0 aliphatic heterocycles. The number of nitriles is 1. The zero-order valence-corrected chi connectivity index (χ0v) is 13.4. The predicted molar refractivity (Wildman–Crippen MR) is 84.2 cm³/mol. The minimum Gasteiger partial charge on any atom is -0.476 e. The number of ether oxygens (including phenoxy) is 1. The maximum Gasteiger partial charge on any atom is 0.243 e. The summed E-state index contributed by atoms with van der Waals surface area (Å²) >= 11 is 1.28. The summed E-state index contributed by atoms with van der Waals surface area (Å²) in [6.07, 6.45) is 13.2. The van der Waals surface area contributed by atoms with Gasteiger partial charge in [0.1, 0.15) is 11.6 Å². The molecule has 0 atom stereocenters. The van der Waals surface area contributed by atoms with E-state index < -0.39 is 0 Å². The molecule has 0 saturated heterocycles. The molecule has 0 unspecified atom stereocenters. The van der Waals surface area contributed by atoms with Gasteiger partial charge in [-0.15, -0.1) is 0 Å². The molecule has 4 heteroatoms. The Labute approximate surface area is 127 Å². The molecule has 0 aliphatic carbocycles. The fourth-order valence-electron chi connectivity index (χ4n) is 2.16. The van der Waals surface area contributed by atoms with Crippen molar-refractivity contribution in [1.82, 2.24) is 4.37 Å². The van der Waals surface area contributed by atoms with Crippen molar-refractivity contribution in [2.24, 2.45) is 0 Å². The van der Waals surface area contributed by atoms with E-state index >= 15 is 0 Å². The molecular formula is C16H26N2OS. The van der Waals surface area contributed by atoms with Crippen LogP contribution < -0.4 is 4.74 Å². The summed E-state index contributed by atoms with van der Waals surface area (Å²) in [5.41, 5.74) is 0.557. The lowest BCUT2D eigenvalue weighted by molar-refractivity contribution is 0.295. The van der Waals surface area contributed by atoms with E-state index in [2.05, 4.69) is 17.4 Å². The average Bonchev–Trinajstić information content (AvgIpc) is 2.92. The minimum absolute atomic E-state index is 0.508. The maximum absolute atomic E-state index is 8.82. The molecule has 20 heavy (non-hydrogen) atoms. The molecule has 0 amide bonds. The first kappa shape index (κ1) is 17.0. The molecule has 3 nitrogen and oxygen atoms in total. The van der Waals surface area contributed by atoms with E-state index in [4.69, 9.17) is 10.00 Å². The van der Waals surface area contributed by atoms with Crippen LogP contribution in [-0.4, -0.2) is 11.0 Å². The molecule has 112 valence electrons. The Kier molecular flexibility index (Phi) is 9.95. The van der Waals surface area contributed by atoms with Crippen LogP contribution in [0.1, 0.15) is 76.7 Å². The quantitative estimate of drug-likeness (QED) is 0.490. The van der Waals surface area contributed by atoms with Crippen molar-refractivity contribution < 1.29 is 4.74 Å². The van der Waals surface area contributed by atoms with Gasteiger partial charge in [0.25, 0.3) is 0 Å². The van der Waals surface area contributed by atoms with Gasteiger partial charge >= 0.3 is 0 Å². The standard InChI is InChI=1S/C16H26N2OS/c1-2-3-4-5-6-7-8-9-10-11-12-19-16-15(13-17)14-20-18-16/h14H,2-12H2,1H3. The highest BCUT2D eigenvalue weighted by Gasteiger charge is 2.05. The second-order valence-corrected chi connectivity index (χ2v) is 5.80. The Bertz CT molecular complexity index is 384. The number of nitrogens with zero attached hydrogens (tertiary/aromatic N) is 2. The van der Waals surface area contributed by atoms with E-state index in [0.717, 1.165) is 6.42 Å². The van der Waals surface area contributed by atoms with Crippen LogP contribution in [0.15, 0.2) is 5.38 Å². The van der Waals surface area contributed by atoms with Crippen LogP contribution >= 0.6 is 11.5 Å². The number of hydrogen-bond donors (Lipinski definition) is 0. The first-order chi connectivity index (χ1) is 9.88. The van der Waals surface area contributed by atoms with Crippen LogP contribution in [0.5, 0.6) is 5.88 Å². The summed E-state index contributed by atoms with van der Waals surface area (Å²) < 4.78 is 9.58. The molecule has 0 bridgehead atoms. The summed E-state index contributed by atoms with van der Waals surface area (Å²) in [5, 5.41) is 10.6. The van der Waals surface area contributed by atoms with Crippen LogP contribution in [-0.2, 0) is 0 Å². The van der Waals surface area contributed by atoms with Gasteiger partial charge in [0.2, 0.25) is 5.88 Å². The zero-order chi connectivity index (χ0) is 14.5. The Morgan fingerprint density at radius 1 is 1.05 bits per heavy atom. The van der Waals surface area contributed by atoms with Gasteiger partial charge in [0.15, 0.2) is 0 Å². The number of hydrogen-bond acceptors (Lipinski definition) is 4. The lowest BCUT2D eigenvalue weighted by atomic mass is 10.1. The first-order valence-electron chi connectivity index (χ1n) is 7.85. The molecule has 1 rings (SSSR count). The summed E-state index contributed by atoms with van der Waals surface area (Å²) in [6, 6.07) is 2.09. The highest BCUT2D eigenvalue weighted by molar-refractivity contribution is 7.03. The van der Waals surface area contributed by atoms with Crippen molar-refractivity contribution in [3.05, 3.63) is 10.9 Å². The molecule has 1 aromatic rings. The van der Waals surface area contributed by atoms with E-state index in [1.807, 2.05) is 0 Å². The van der Waals surface area contributed by atoms with Gasteiger partial charge in [-0.05, 0) is 18.0 Å². The van der Waals surface area contributed by atoms with Gasteiger partial charge in [-0.2, -0.15) is 9.64 Å². The van der Waals surface area contributed by atoms with Crippen molar-refractivity contribution >= 4 is 11.5 Å². The summed E-state index contributed by atoms with van der Waals surface area (Å²) in [4.78, 5) is 0. The molecule has 0 radical (unpaired) electrons. The second-order valence-electron chi connectivity index (χ2n) is 5.18. The van der Waals surface area contributed by atoms with E-state index in [1.54, 1.807) is 5.38 Å². The van der Waals surface area contributed by atoms with Crippen LogP contribution in [0.3, 0.4) is 0 Å². The molecule has 0 fully saturated rings. The summed E-state index contributed by atoms with van der Waals surface area (Å²) in [5.74, 6) is 0.508. The third kappa shape index (κ3) is 7.49. The SMILES string of the molecule is CCCCCCCCCCCCOc1nscc1C#N. The molecule has 0 aliphatic rings. The number of aromatic nitrogens is 1. The topological polar surface area (TPSA) is 45.9 Å². The largest absolute Gasteiger partial charge is 0.476 e. The normalized spacial score (nSPS) is 10.4. The van der Waals surface area contributed by atoms with Crippen LogP contribution in [0.2, 0.25) is 0 Å². The van der Waals surface area contributed by atoms with Gasteiger partial charge in [0.05, 0.1) is 6.61 Å². The Balaban J connectivity index is 1.87.